The fourth-order valence-corrected chi connectivity index (χ4v) is 3.33. The maximum Gasteiger partial charge on any atom is 0.0517 e. The molecule has 2 aliphatic rings. The topological polar surface area (TPSA) is 29.3 Å². The highest BCUT2D eigenvalue weighted by molar-refractivity contribution is 6.35. The lowest BCUT2D eigenvalue weighted by Gasteiger charge is -2.27. The van der Waals surface area contributed by atoms with Gasteiger partial charge in [0.1, 0.15) is 0 Å². The molecule has 0 spiro atoms. The van der Waals surface area contributed by atoms with Crippen molar-refractivity contribution in [3.63, 3.8) is 0 Å². The number of hydrogen-bond acceptors (Lipinski definition) is 2. The SMILES string of the molecule is NC1CCN(C2CC2)C1c1ccc(Cl)cc1Cl. The van der Waals surface area contributed by atoms with Crippen molar-refractivity contribution in [2.45, 2.75) is 37.4 Å². The largest absolute Gasteiger partial charge is 0.326 e. The third kappa shape index (κ3) is 2.19. The molecule has 0 bridgehead atoms. The summed E-state index contributed by atoms with van der Waals surface area (Å²) in [5.41, 5.74) is 7.37. The molecular weight excluding hydrogens is 255 g/mol. The molecule has 0 amide bonds. The van der Waals surface area contributed by atoms with Crippen LogP contribution in [0.25, 0.3) is 0 Å². The highest BCUT2D eigenvalue weighted by Crippen LogP contribution is 2.42. The van der Waals surface area contributed by atoms with Crippen molar-refractivity contribution in [2.24, 2.45) is 5.73 Å². The molecule has 1 saturated heterocycles. The number of likely N-dealkylation sites (tertiary alicyclic amines) is 1. The van der Waals surface area contributed by atoms with Crippen LogP contribution in [-0.2, 0) is 0 Å². The predicted molar refractivity (Wildman–Crippen MR) is 71.5 cm³/mol. The maximum absolute atomic E-state index is 6.30. The number of nitrogens with two attached hydrogens (primary N) is 1. The van der Waals surface area contributed by atoms with Crippen molar-refractivity contribution in [3.8, 4) is 0 Å². The van der Waals surface area contributed by atoms with Gasteiger partial charge in [-0.2, -0.15) is 0 Å². The fraction of sp³-hybridized carbons (Fsp3) is 0.538. The molecule has 1 aliphatic heterocycles. The minimum absolute atomic E-state index is 0.189. The molecule has 0 aromatic heterocycles. The van der Waals surface area contributed by atoms with Gasteiger partial charge >= 0.3 is 0 Å². The Hall–Kier alpha value is -0.280. The molecular formula is C13H16Cl2N2. The first-order chi connectivity index (χ1) is 8.16. The summed E-state index contributed by atoms with van der Waals surface area (Å²) >= 11 is 12.2. The van der Waals surface area contributed by atoms with Gasteiger partial charge < -0.3 is 5.73 Å². The number of benzene rings is 1. The number of halogens is 2. The van der Waals surface area contributed by atoms with Crippen molar-refractivity contribution >= 4 is 23.2 Å². The summed E-state index contributed by atoms with van der Waals surface area (Å²) in [6, 6.07) is 6.92. The second-order valence-electron chi connectivity index (χ2n) is 5.03. The summed E-state index contributed by atoms with van der Waals surface area (Å²) in [7, 11) is 0. The lowest BCUT2D eigenvalue weighted by atomic mass is 10.0. The van der Waals surface area contributed by atoms with Crippen LogP contribution in [0.5, 0.6) is 0 Å². The molecule has 3 rings (SSSR count). The molecule has 4 heteroatoms. The zero-order chi connectivity index (χ0) is 12.0. The van der Waals surface area contributed by atoms with E-state index in [9.17, 15) is 0 Å². The summed E-state index contributed by atoms with van der Waals surface area (Å²) in [5.74, 6) is 0. The Kier molecular flexibility index (Phi) is 3.07. The van der Waals surface area contributed by atoms with Crippen molar-refractivity contribution in [2.75, 3.05) is 6.54 Å². The molecule has 1 saturated carbocycles. The molecule has 17 heavy (non-hydrogen) atoms. The lowest BCUT2D eigenvalue weighted by molar-refractivity contribution is 0.237. The normalized spacial score (nSPS) is 29.8. The average molecular weight is 271 g/mol. The van der Waals surface area contributed by atoms with Gasteiger partial charge in [-0.15, -0.1) is 0 Å². The molecule has 1 aromatic rings. The molecule has 1 aliphatic carbocycles. The van der Waals surface area contributed by atoms with E-state index in [0.29, 0.717) is 5.02 Å². The number of nitrogens with zero attached hydrogens (tertiary/aromatic N) is 1. The first-order valence-electron chi connectivity index (χ1n) is 6.13. The van der Waals surface area contributed by atoms with E-state index in [0.717, 1.165) is 29.6 Å². The van der Waals surface area contributed by atoms with Crippen molar-refractivity contribution in [1.29, 1.82) is 0 Å². The van der Waals surface area contributed by atoms with Crippen LogP contribution in [0.3, 0.4) is 0 Å². The smallest absolute Gasteiger partial charge is 0.0517 e. The van der Waals surface area contributed by atoms with E-state index in [1.165, 1.54) is 12.8 Å². The standard InChI is InChI=1S/C13H16Cl2N2/c14-8-1-4-10(11(15)7-8)13-12(16)5-6-17(13)9-2-3-9/h1,4,7,9,12-13H,2-3,5-6,16H2. The fourth-order valence-electron chi connectivity index (χ4n) is 2.81. The van der Waals surface area contributed by atoms with Crippen LogP contribution in [0, 0.1) is 0 Å². The van der Waals surface area contributed by atoms with E-state index < -0.39 is 0 Å². The summed E-state index contributed by atoms with van der Waals surface area (Å²) in [6.45, 7) is 1.09. The van der Waals surface area contributed by atoms with E-state index in [1.807, 2.05) is 18.2 Å². The van der Waals surface area contributed by atoms with Crippen LogP contribution in [0.15, 0.2) is 18.2 Å². The van der Waals surface area contributed by atoms with E-state index in [-0.39, 0.29) is 12.1 Å². The summed E-state index contributed by atoms with van der Waals surface area (Å²) in [5, 5.41) is 1.42. The Labute approximate surface area is 112 Å². The molecule has 1 aromatic carbocycles. The average Bonchev–Trinajstić information content (AvgIpc) is 3.04. The molecule has 1 heterocycles. The predicted octanol–water partition coefficient (Wildman–Crippen LogP) is 3.23. The molecule has 2 nitrogen and oxygen atoms in total. The van der Waals surface area contributed by atoms with Crippen LogP contribution in [0.2, 0.25) is 10.0 Å². The van der Waals surface area contributed by atoms with E-state index in [2.05, 4.69) is 4.90 Å². The Morgan fingerprint density at radius 3 is 2.59 bits per heavy atom. The highest BCUT2D eigenvalue weighted by Gasteiger charge is 2.41. The number of rotatable bonds is 2. The molecule has 0 radical (unpaired) electrons. The van der Waals surface area contributed by atoms with Crippen LogP contribution in [-0.4, -0.2) is 23.5 Å². The molecule has 2 N–H and O–H groups in total. The van der Waals surface area contributed by atoms with Crippen LogP contribution in [0.1, 0.15) is 30.9 Å². The van der Waals surface area contributed by atoms with Gasteiger partial charge in [0, 0.05) is 28.7 Å². The van der Waals surface area contributed by atoms with Crippen molar-refractivity contribution < 1.29 is 0 Å². The van der Waals surface area contributed by atoms with E-state index >= 15 is 0 Å². The Balaban J connectivity index is 1.94. The van der Waals surface area contributed by atoms with Crippen LogP contribution in [0.4, 0.5) is 0 Å². The van der Waals surface area contributed by atoms with Gasteiger partial charge in [0.25, 0.3) is 0 Å². The van der Waals surface area contributed by atoms with Gasteiger partial charge in [-0.1, -0.05) is 29.3 Å². The minimum Gasteiger partial charge on any atom is -0.326 e. The first-order valence-corrected chi connectivity index (χ1v) is 6.88. The Morgan fingerprint density at radius 2 is 1.94 bits per heavy atom. The second kappa shape index (κ2) is 4.43. The second-order valence-corrected chi connectivity index (χ2v) is 5.88. The Morgan fingerprint density at radius 1 is 1.18 bits per heavy atom. The van der Waals surface area contributed by atoms with Gasteiger partial charge in [-0.05, 0) is 37.0 Å². The Bertz CT molecular complexity index is 431. The molecule has 2 fully saturated rings. The van der Waals surface area contributed by atoms with Gasteiger partial charge in [0.2, 0.25) is 0 Å². The minimum atomic E-state index is 0.189. The van der Waals surface area contributed by atoms with Gasteiger partial charge in [0.05, 0.1) is 6.04 Å². The quantitative estimate of drug-likeness (QED) is 0.894. The zero-order valence-corrected chi connectivity index (χ0v) is 11.1. The highest BCUT2D eigenvalue weighted by atomic mass is 35.5. The first kappa shape index (κ1) is 11.8. The van der Waals surface area contributed by atoms with Gasteiger partial charge in [-0.3, -0.25) is 4.90 Å². The van der Waals surface area contributed by atoms with Gasteiger partial charge in [0.15, 0.2) is 0 Å². The van der Waals surface area contributed by atoms with E-state index in [4.69, 9.17) is 28.9 Å². The molecule has 92 valence electrons. The van der Waals surface area contributed by atoms with Crippen molar-refractivity contribution in [3.05, 3.63) is 33.8 Å². The van der Waals surface area contributed by atoms with Crippen molar-refractivity contribution in [1.82, 2.24) is 4.90 Å². The third-order valence-corrected chi connectivity index (χ3v) is 4.34. The number of hydrogen-bond donors (Lipinski definition) is 1. The molecule has 2 unspecified atom stereocenters. The monoisotopic (exact) mass is 270 g/mol. The van der Waals surface area contributed by atoms with Gasteiger partial charge in [-0.25, -0.2) is 0 Å². The summed E-state index contributed by atoms with van der Waals surface area (Å²) in [4.78, 5) is 2.51. The van der Waals surface area contributed by atoms with Crippen LogP contribution >= 0.6 is 23.2 Å². The van der Waals surface area contributed by atoms with E-state index in [1.54, 1.807) is 0 Å². The maximum atomic E-state index is 6.30. The summed E-state index contributed by atoms with van der Waals surface area (Å²) in [6.07, 6.45) is 3.66. The zero-order valence-electron chi connectivity index (χ0n) is 9.57. The lowest BCUT2D eigenvalue weighted by Crippen LogP contribution is -2.33. The summed E-state index contributed by atoms with van der Waals surface area (Å²) < 4.78 is 0. The van der Waals surface area contributed by atoms with Crippen LogP contribution < -0.4 is 5.73 Å². The third-order valence-electron chi connectivity index (χ3n) is 3.78. The molecule has 2 atom stereocenters.